The van der Waals surface area contributed by atoms with E-state index in [4.69, 9.17) is 4.74 Å². The number of hydrogen-bond donors (Lipinski definition) is 1. The van der Waals surface area contributed by atoms with Crippen LogP contribution in [0, 0.1) is 0 Å². The average molecular weight is 184 g/mol. The molecule has 76 valence electrons. The molecule has 13 heavy (non-hydrogen) atoms. The zero-order chi connectivity index (χ0) is 9.26. The van der Waals surface area contributed by atoms with E-state index in [1.54, 1.807) is 0 Å². The van der Waals surface area contributed by atoms with Crippen LogP contribution in [0.2, 0.25) is 0 Å². The molecule has 0 aromatic carbocycles. The van der Waals surface area contributed by atoms with Crippen LogP contribution >= 0.6 is 0 Å². The van der Waals surface area contributed by atoms with E-state index in [1.807, 2.05) is 0 Å². The van der Waals surface area contributed by atoms with Crippen molar-refractivity contribution in [3.8, 4) is 0 Å². The lowest BCUT2D eigenvalue weighted by atomic mass is 9.87. The van der Waals surface area contributed by atoms with Gasteiger partial charge in [-0.05, 0) is 33.4 Å². The van der Waals surface area contributed by atoms with Crippen LogP contribution in [-0.4, -0.2) is 50.3 Å². The summed E-state index contributed by atoms with van der Waals surface area (Å²) in [5.41, 5.74) is 0. The summed E-state index contributed by atoms with van der Waals surface area (Å²) in [5, 5.41) is 3.54. The number of morpholine rings is 1. The molecule has 0 amide bonds. The van der Waals surface area contributed by atoms with E-state index in [1.165, 1.54) is 19.3 Å². The molecule has 0 aromatic heterocycles. The van der Waals surface area contributed by atoms with Crippen molar-refractivity contribution in [3.63, 3.8) is 0 Å². The Labute approximate surface area is 80.4 Å². The maximum atomic E-state index is 5.77. The minimum absolute atomic E-state index is 0.467. The third kappa shape index (κ3) is 2.03. The highest BCUT2D eigenvalue weighted by Crippen LogP contribution is 2.25. The lowest BCUT2D eigenvalue weighted by molar-refractivity contribution is -0.0413. The molecule has 2 rings (SSSR count). The first-order valence-electron chi connectivity index (χ1n) is 5.29. The van der Waals surface area contributed by atoms with E-state index in [0.717, 1.165) is 19.2 Å². The van der Waals surface area contributed by atoms with Crippen LogP contribution in [0.4, 0.5) is 0 Å². The molecule has 1 heterocycles. The Hall–Kier alpha value is -0.120. The van der Waals surface area contributed by atoms with Crippen molar-refractivity contribution in [1.29, 1.82) is 0 Å². The summed E-state index contributed by atoms with van der Waals surface area (Å²) >= 11 is 0. The molecule has 1 aliphatic heterocycles. The molecule has 0 spiro atoms. The Balaban J connectivity index is 1.91. The average Bonchev–Trinajstić information content (AvgIpc) is 2.17. The number of fused-ring (bicyclic) bond motifs is 1. The molecule has 0 bridgehead atoms. The number of nitrogens with one attached hydrogen (secondary N) is 1. The first kappa shape index (κ1) is 9.44. The van der Waals surface area contributed by atoms with Gasteiger partial charge in [0.1, 0.15) is 0 Å². The molecule has 2 aliphatic rings. The Morgan fingerprint density at radius 1 is 1.31 bits per heavy atom. The lowest BCUT2D eigenvalue weighted by Crippen LogP contribution is -2.54. The third-order valence-corrected chi connectivity index (χ3v) is 3.33. The molecule has 3 heteroatoms. The van der Waals surface area contributed by atoms with Crippen molar-refractivity contribution in [1.82, 2.24) is 10.2 Å². The van der Waals surface area contributed by atoms with Gasteiger partial charge in [0.05, 0.1) is 12.7 Å². The van der Waals surface area contributed by atoms with Crippen molar-refractivity contribution in [2.45, 2.75) is 37.5 Å². The Morgan fingerprint density at radius 3 is 2.92 bits per heavy atom. The maximum absolute atomic E-state index is 5.77. The highest BCUT2D eigenvalue weighted by atomic mass is 16.5. The predicted octanol–water partition coefficient (Wildman–Crippen LogP) is 0.457. The summed E-state index contributed by atoms with van der Waals surface area (Å²) in [7, 11) is 4.34. The van der Waals surface area contributed by atoms with E-state index < -0.39 is 0 Å². The highest BCUT2D eigenvalue weighted by Gasteiger charge is 2.33. The zero-order valence-electron chi connectivity index (χ0n) is 8.62. The van der Waals surface area contributed by atoms with Gasteiger partial charge in [0, 0.05) is 18.6 Å². The first-order chi connectivity index (χ1) is 6.27. The zero-order valence-corrected chi connectivity index (χ0v) is 8.62. The molecule has 2 fully saturated rings. The molecule has 0 unspecified atom stereocenters. The van der Waals surface area contributed by atoms with Crippen molar-refractivity contribution in [3.05, 3.63) is 0 Å². The fourth-order valence-electron chi connectivity index (χ4n) is 2.45. The summed E-state index contributed by atoms with van der Waals surface area (Å²) in [6.45, 7) is 1.93. The predicted molar refractivity (Wildman–Crippen MR) is 52.9 cm³/mol. The van der Waals surface area contributed by atoms with Crippen molar-refractivity contribution < 1.29 is 4.74 Å². The number of nitrogens with zero attached hydrogens (tertiary/aromatic N) is 1. The Kier molecular flexibility index (Phi) is 2.86. The minimum atomic E-state index is 0.467. The second-order valence-electron chi connectivity index (χ2n) is 4.40. The smallest absolute Gasteiger partial charge is 0.0743 e. The van der Waals surface area contributed by atoms with E-state index in [2.05, 4.69) is 24.3 Å². The van der Waals surface area contributed by atoms with Gasteiger partial charge in [0.25, 0.3) is 0 Å². The monoisotopic (exact) mass is 184 g/mol. The SMILES string of the molecule is CN(C)[C@@H]1CC[C@H]2NCCO[C@@H]2C1. The van der Waals surface area contributed by atoms with Crippen LogP contribution in [0.15, 0.2) is 0 Å². The fraction of sp³-hybridized carbons (Fsp3) is 1.00. The van der Waals surface area contributed by atoms with Crippen LogP contribution in [-0.2, 0) is 4.74 Å². The van der Waals surface area contributed by atoms with Gasteiger partial charge in [-0.2, -0.15) is 0 Å². The van der Waals surface area contributed by atoms with E-state index in [-0.39, 0.29) is 0 Å². The van der Waals surface area contributed by atoms with Gasteiger partial charge in [-0.3, -0.25) is 0 Å². The number of hydrogen-bond acceptors (Lipinski definition) is 3. The molecule has 0 aromatic rings. The molecule has 1 saturated carbocycles. The van der Waals surface area contributed by atoms with Gasteiger partial charge in [0.2, 0.25) is 0 Å². The molecule has 1 aliphatic carbocycles. The van der Waals surface area contributed by atoms with Crippen molar-refractivity contribution in [2.24, 2.45) is 0 Å². The standard InChI is InChI=1S/C10H20N2O/c1-12(2)8-3-4-9-10(7-8)13-6-5-11-9/h8-11H,3-7H2,1-2H3/t8-,9-,10-/m1/s1. The summed E-state index contributed by atoms with van der Waals surface area (Å²) in [6, 6.07) is 1.35. The van der Waals surface area contributed by atoms with Crippen LogP contribution in [0.1, 0.15) is 19.3 Å². The van der Waals surface area contributed by atoms with Gasteiger partial charge in [-0.15, -0.1) is 0 Å². The molecular weight excluding hydrogens is 164 g/mol. The normalized spacial score (nSPS) is 40.4. The third-order valence-electron chi connectivity index (χ3n) is 3.33. The topological polar surface area (TPSA) is 24.5 Å². The Bertz CT molecular complexity index is 172. The second-order valence-corrected chi connectivity index (χ2v) is 4.40. The van der Waals surface area contributed by atoms with E-state index in [9.17, 15) is 0 Å². The van der Waals surface area contributed by atoms with Gasteiger partial charge in [0.15, 0.2) is 0 Å². The van der Waals surface area contributed by atoms with Gasteiger partial charge >= 0.3 is 0 Å². The van der Waals surface area contributed by atoms with Crippen molar-refractivity contribution >= 4 is 0 Å². The van der Waals surface area contributed by atoms with E-state index >= 15 is 0 Å². The Morgan fingerprint density at radius 2 is 2.15 bits per heavy atom. The molecule has 3 atom stereocenters. The van der Waals surface area contributed by atoms with Crippen LogP contribution in [0.3, 0.4) is 0 Å². The van der Waals surface area contributed by atoms with Crippen LogP contribution in [0.25, 0.3) is 0 Å². The van der Waals surface area contributed by atoms with Gasteiger partial charge in [-0.25, -0.2) is 0 Å². The van der Waals surface area contributed by atoms with Crippen molar-refractivity contribution in [2.75, 3.05) is 27.2 Å². The molecule has 1 N–H and O–H groups in total. The minimum Gasteiger partial charge on any atom is -0.375 e. The van der Waals surface area contributed by atoms with Gasteiger partial charge in [-0.1, -0.05) is 0 Å². The first-order valence-corrected chi connectivity index (χ1v) is 5.29. The molecule has 1 saturated heterocycles. The molecule has 3 nitrogen and oxygen atoms in total. The number of rotatable bonds is 1. The van der Waals surface area contributed by atoms with Crippen LogP contribution < -0.4 is 5.32 Å². The largest absolute Gasteiger partial charge is 0.375 e. The summed E-state index contributed by atoms with van der Waals surface area (Å²) in [4.78, 5) is 2.33. The summed E-state index contributed by atoms with van der Waals surface area (Å²) in [5.74, 6) is 0. The fourth-order valence-corrected chi connectivity index (χ4v) is 2.45. The lowest BCUT2D eigenvalue weighted by Gasteiger charge is -2.41. The second kappa shape index (κ2) is 3.95. The summed E-state index contributed by atoms with van der Waals surface area (Å²) < 4.78 is 5.77. The number of ether oxygens (including phenoxy) is 1. The quantitative estimate of drug-likeness (QED) is 0.640. The molecular formula is C10H20N2O. The van der Waals surface area contributed by atoms with E-state index in [0.29, 0.717) is 12.1 Å². The van der Waals surface area contributed by atoms with Gasteiger partial charge < -0.3 is 15.0 Å². The molecule has 0 radical (unpaired) electrons. The van der Waals surface area contributed by atoms with Crippen LogP contribution in [0.5, 0.6) is 0 Å². The highest BCUT2D eigenvalue weighted by molar-refractivity contribution is 4.90. The maximum Gasteiger partial charge on any atom is 0.0743 e. The summed E-state index contributed by atoms with van der Waals surface area (Å²) in [6.07, 6.45) is 4.25.